The van der Waals surface area contributed by atoms with E-state index in [4.69, 9.17) is 28.9 Å². The van der Waals surface area contributed by atoms with Gasteiger partial charge in [-0.15, -0.1) is 0 Å². The molecule has 0 aliphatic rings. The average Bonchev–Trinajstić information content (AvgIpc) is 2.31. The summed E-state index contributed by atoms with van der Waals surface area (Å²) in [5.74, 6) is -0.308. The Hall–Kier alpha value is -0.980. The summed E-state index contributed by atoms with van der Waals surface area (Å²) in [7, 11) is 0. The molecule has 0 saturated heterocycles. The van der Waals surface area contributed by atoms with Crippen molar-refractivity contribution in [2.75, 3.05) is 11.1 Å². The van der Waals surface area contributed by atoms with Crippen molar-refractivity contribution in [1.82, 2.24) is 0 Å². The topological polar surface area (TPSA) is 55.1 Å². The van der Waals surface area contributed by atoms with Crippen molar-refractivity contribution in [1.29, 1.82) is 0 Å². The summed E-state index contributed by atoms with van der Waals surface area (Å²) >= 11 is 14.1. The zero-order chi connectivity index (χ0) is 14.0. The van der Waals surface area contributed by atoms with E-state index in [9.17, 15) is 4.79 Å². The van der Waals surface area contributed by atoms with Crippen LogP contribution < -0.4 is 11.1 Å². The first-order valence-electron chi connectivity index (χ1n) is 5.28. The van der Waals surface area contributed by atoms with Gasteiger partial charge in [0, 0.05) is 19.8 Å². The van der Waals surface area contributed by atoms with Gasteiger partial charge in [0.1, 0.15) is 0 Å². The molecule has 2 aromatic rings. The number of nitrogens with two attached hydrogens (primary N) is 1. The summed E-state index contributed by atoms with van der Waals surface area (Å²) < 4.78 is 0.993. The molecule has 0 aromatic heterocycles. The Morgan fingerprint density at radius 2 is 1.89 bits per heavy atom. The number of nitrogens with one attached hydrogen (secondary N) is 1. The number of rotatable bonds is 2. The molecule has 98 valence electrons. The lowest BCUT2D eigenvalue weighted by atomic mass is 10.2. The Morgan fingerprint density at radius 1 is 1.16 bits per heavy atom. The molecule has 0 atom stereocenters. The minimum absolute atomic E-state index is 0.308. The highest BCUT2D eigenvalue weighted by molar-refractivity contribution is 14.1. The molecule has 0 aliphatic carbocycles. The van der Waals surface area contributed by atoms with E-state index in [0.29, 0.717) is 27.0 Å². The molecule has 0 bridgehead atoms. The first-order chi connectivity index (χ1) is 8.95. The molecule has 0 radical (unpaired) electrons. The summed E-state index contributed by atoms with van der Waals surface area (Å²) in [6.07, 6.45) is 0. The number of hydrogen-bond acceptors (Lipinski definition) is 2. The third kappa shape index (κ3) is 3.75. The minimum atomic E-state index is -0.308. The Balaban J connectivity index is 2.25. The Kier molecular flexibility index (Phi) is 4.54. The molecule has 0 heterocycles. The van der Waals surface area contributed by atoms with Crippen LogP contribution in [0.15, 0.2) is 36.4 Å². The maximum absolute atomic E-state index is 12.1. The van der Waals surface area contributed by atoms with Crippen molar-refractivity contribution in [3.63, 3.8) is 0 Å². The number of benzene rings is 2. The fourth-order valence-electron chi connectivity index (χ4n) is 1.53. The van der Waals surface area contributed by atoms with Crippen LogP contribution in [0, 0.1) is 3.57 Å². The van der Waals surface area contributed by atoms with Gasteiger partial charge in [0.15, 0.2) is 0 Å². The lowest BCUT2D eigenvalue weighted by Crippen LogP contribution is -2.12. The molecule has 3 nitrogen and oxygen atoms in total. The number of halogens is 3. The monoisotopic (exact) mass is 406 g/mol. The minimum Gasteiger partial charge on any atom is -0.399 e. The Labute approximate surface area is 134 Å². The summed E-state index contributed by atoms with van der Waals surface area (Å²) in [6.45, 7) is 0. The van der Waals surface area contributed by atoms with Gasteiger partial charge in [0.05, 0.1) is 10.7 Å². The van der Waals surface area contributed by atoms with Crippen LogP contribution in [0.5, 0.6) is 0 Å². The normalized spacial score (nSPS) is 10.3. The Morgan fingerprint density at radius 3 is 2.53 bits per heavy atom. The van der Waals surface area contributed by atoms with Crippen LogP contribution in [0.3, 0.4) is 0 Å². The molecule has 0 spiro atoms. The first kappa shape index (κ1) is 14.4. The third-order valence-electron chi connectivity index (χ3n) is 2.36. The van der Waals surface area contributed by atoms with Gasteiger partial charge in [-0.25, -0.2) is 0 Å². The van der Waals surface area contributed by atoms with E-state index in [2.05, 4.69) is 27.9 Å². The second-order valence-corrected chi connectivity index (χ2v) is 5.94. The lowest BCUT2D eigenvalue weighted by Gasteiger charge is -2.08. The van der Waals surface area contributed by atoms with Crippen molar-refractivity contribution < 1.29 is 4.79 Å². The van der Waals surface area contributed by atoms with E-state index in [1.807, 2.05) is 6.07 Å². The smallest absolute Gasteiger partial charge is 0.255 e. The molecule has 0 saturated carbocycles. The van der Waals surface area contributed by atoms with Crippen LogP contribution in [0.25, 0.3) is 0 Å². The molecule has 2 rings (SSSR count). The van der Waals surface area contributed by atoms with E-state index in [0.717, 1.165) is 3.57 Å². The predicted octanol–water partition coefficient (Wildman–Crippen LogP) is 4.43. The van der Waals surface area contributed by atoms with Crippen LogP contribution in [0.2, 0.25) is 10.0 Å². The van der Waals surface area contributed by atoms with Crippen LogP contribution in [0.4, 0.5) is 11.4 Å². The van der Waals surface area contributed by atoms with E-state index >= 15 is 0 Å². The van der Waals surface area contributed by atoms with Crippen molar-refractivity contribution in [2.45, 2.75) is 0 Å². The van der Waals surface area contributed by atoms with Gasteiger partial charge < -0.3 is 11.1 Å². The largest absolute Gasteiger partial charge is 0.399 e. The number of amides is 1. The molecule has 2 aromatic carbocycles. The predicted molar refractivity (Wildman–Crippen MR) is 88.0 cm³/mol. The summed E-state index contributed by atoms with van der Waals surface area (Å²) in [5.41, 5.74) is 7.02. The van der Waals surface area contributed by atoms with Crippen molar-refractivity contribution >= 4 is 63.1 Å². The maximum atomic E-state index is 12.1. The van der Waals surface area contributed by atoms with Gasteiger partial charge >= 0.3 is 0 Å². The second kappa shape index (κ2) is 5.98. The quantitative estimate of drug-likeness (QED) is 0.572. The van der Waals surface area contributed by atoms with Gasteiger partial charge in [-0.05, 0) is 59.0 Å². The van der Waals surface area contributed by atoms with Gasteiger partial charge in [-0.2, -0.15) is 0 Å². The van der Waals surface area contributed by atoms with Gasteiger partial charge in [0.2, 0.25) is 0 Å². The molecular weight excluding hydrogens is 398 g/mol. The van der Waals surface area contributed by atoms with Crippen molar-refractivity contribution in [3.8, 4) is 0 Å². The van der Waals surface area contributed by atoms with Crippen LogP contribution in [-0.2, 0) is 0 Å². The highest BCUT2D eigenvalue weighted by Gasteiger charge is 2.10. The highest BCUT2D eigenvalue weighted by Crippen LogP contribution is 2.25. The van der Waals surface area contributed by atoms with Crippen LogP contribution >= 0.6 is 45.8 Å². The molecule has 19 heavy (non-hydrogen) atoms. The number of carbonyl (C=O) groups excluding carboxylic acids is 1. The number of hydrogen-bond donors (Lipinski definition) is 2. The summed E-state index contributed by atoms with van der Waals surface area (Å²) in [4.78, 5) is 12.1. The van der Waals surface area contributed by atoms with Gasteiger partial charge in [-0.3, -0.25) is 4.79 Å². The molecule has 6 heteroatoms. The molecule has 0 aliphatic heterocycles. The number of carbonyl (C=O) groups is 1. The zero-order valence-corrected chi connectivity index (χ0v) is 13.3. The number of nitrogen functional groups attached to an aromatic ring is 1. The molecule has 1 amide bonds. The molecule has 0 fully saturated rings. The third-order valence-corrected chi connectivity index (χ3v) is 3.56. The van der Waals surface area contributed by atoms with Crippen LogP contribution in [0.1, 0.15) is 10.4 Å². The maximum Gasteiger partial charge on any atom is 0.255 e. The fraction of sp³-hybridized carbons (Fsp3) is 0. The zero-order valence-electron chi connectivity index (χ0n) is 9.58. The van der Waals surface area contributed by atoms with E-state index < -0.39 is 0 Å². The van der Waals surface area contributed by atoms with Crippen molar-refractivity contribution in [3.05, 3.63) is 55.6 Å². The molecule has 3 N–H and O–H groups in total. The van der Waals surface area contributed by atoms with Crippen LogP contribution in [-0.4, -0.2) is 5.91 Å². The van der Waals surface area contributed by atoms with Gasteiger partial charge in [-0.1, -0.05) is 23.2 Å². The van der Waals surface area contributed by atoms with E-state index in [1.165, 1.54) is 0 Å². The molecular formula is C13H9Cl2IN2O. The number of anilines is 2. The second-order valence-electron chi connectivity index (χ2n) is 3.85. The highest BCUT2D eigenvalue weighted by atomic mass is 127. The van der Waals surface area contributed by atoms with E-state index in [1.54, 1.807) is 30.3 Å². The van der Waals surface area contributed by atoms with Gasteiger partial charge in [0.25, 0.3) is 5.91 Å². The lowest BCUT2D eigenvalue weighted by molar-refractivity contribution is 0.102. The Bertz CT molecular complexity index is 626. The van der Waals surface area contributed by atoms with Crippen molar-refractivity contribution in [2.24, 2.45) is 0 Å². The molecule has 0 unspecified atom stereocenters. The average molecular weight is 407 g/mol. The first-order valence-corrected chi connectivity index (χ1v) is 7.11. The SMILES string of the molecule is Nc1cc(Cl)cc(C(=O)Nc2ccc(I)cc2Cl)c1. The summed E-state index contributed by atoms with van der Waals surface area (Å²) in [5, 5.41) is 3.62. The summed E-state index contributed by atoms with van der Waals surface area (Å²) in [6, 6.07) is 10.1. The van der Waals surface area contributed by atoms with E-state index in [-0.39, 0.29) is 5.91 Å². The fourth-order valence-corrected chi connectivity index (χ4v) is 2.68. The standard InChI is InChI=1S/C13H9Cl2IN2O/c14-8-3-7(4-10(17)5-8)13(19)18-12-2-1-9(16)6-11(12)15/h1-6H,17H2,(H,18,19).